The van der Waals surface area contributed by atoms with Crippen LogP contribution in [0.1, 0.15) is 19.3 Å². The fourth-order valence-electron chi connectivity index (χ4n) is 2.61. The molecule has 21 heavy (non-hydrogen) atoms. The van der Waals surface area contributed by atoms with Crippen molar-refractivity contribution in [2.24, 2.45) is 16.6 Å². The van der Waals surface area contributed by atoms with Gasteiger partial charge in [0, 0.05) is 18.3 Å². The van der Waals surface area contributed by atoms with Crippen LogP contribution in [0.2, 0.25) is 0 Å². The van der Waals surface area contributed by atoms with E-state index in [9.17, 15) is 8.42 Å². The number of guanidine groups is 1. The molecule has 0 radical (unpaired) electrons. The number of nitrogens with zero attached hydrogens (tertiary/aromatic N) is 1. The lowest BCUT2D eigenvalue weighted by molar-refractivity contribution is 0.455. The number of nitrogens with two attached hydrogens (primary N) is 1. The quantitative estimate of drug-likeness (QED) is 0.561. The molecule has 0 heterocycles. The summed E-state index contributed by atoms with van der Waals surface area (Å²) >= 11 is 0. The molecule has 1 aliphatic carbocycles. The monoisotopic (exact) mass is 310 g/mol. The standard InChI is InChI=1S/C14H22N4O2S/c1-21(19,20)18-13-9-5-6-11(13)10-16-14(15)17-12-7-3-2-4-8-12/h2-4,7-8,11,13,18H,5-6,9-10H2,1H3,(H3,15,16,17). The van der Waals surface area contributed by atoms with Crippen molar-refractivity contribution in [3.63, 3.8) is 0 Å². The molecule has 1 aliphatic rings. The fraction of sp³-hybridized carbons (Fsp3) is 0.500. The molecule has 1 fully saturated rings. The number of para-hydroxylation sites is 1. The number of nitrogens with one attached hydrogen (secondary N) is 2. The third-order valence-electron chi connectivity index (χ3n) is 3.57. The van der Waals surface area contributed by atoms with Crippen molar-refractivity contribution in [3.05, 3.63) is 30.3 Å². The molecule has 0 bridgehead atoms. The first-order valence-corrected chi connectivity index (χ1v) is 8.92. The molecule has 0 aromatic heterocycles. The van der Waals surface area contributed by atoms with E-state index >= 15 is 0 Å². The average Bonchev–Trinajstić information content (AvgIpc) is 2.82. The molecule has 4 N–H and O–H groups in total. The number of rotatable bonds is 5. The Morgan fingerprint density at radius 1 is 1.33 bits per heavy atom. The maximum absolute atomic E-state index is 11.3. The molecule has 0 amide bonds. The predicted octanol–water partition coefficient (Wildman–Crippen LogP) is 1.13. The Balaban J connectivity index is 1.90. The summed E-state index contributed by atoms with van der Waals surface area (Å²) in [6, 6.07) is 9.54. The molecule has 0 aliphatic heterocycles. The van der Waals surface area contributed by atoms with Crippen molar-refractivity contribution in [2.75, 3.05) is 18.1 Å². The van der Waals surface area contributed by atoms with E-state index in [0.717, 1.165) is 24.9 Å². The number of hydrogen-bond donors (Lipinski definition) is 3. The molecule has 7 heteroatoms. The van der Waals surface area contributed by atoms with Gasteiger partial charge in [0.1, 0.15) is 0 Å². The second-order valence-corrected chi connectivity index (χ2v) is 7.18. The van der Waals surface area contributed by atoms with Gasteiger partial charge in [-0.1, -0.05) is 24.6 Å². The lowest BCUT2D eigenvalue weighted by atomic mass is 10.1. The smallest absolute Gasteiger partial charge is 0.208 e. The summed E-state index contributed by atoms with van der Waals surface area (Å²) in [6.45, 7) is 0.527. The number of benzene rings is 1. The summed E-state index contributed by atoms with van der Waals surface area (Å²) < 4.78 is 25.3. The van der Waals surface area contributed by atoms with Gasteiger partial charge in [0.25, 0.3) is 0 Å². The Morgan fingerprint density at radius 3 is 2.71 bits per heavy atom. The number of hydrogen-bond acceptors (Lipinski definition) is 3. The summed E-state index contributed by atoms with van der Waals surface area (Å²) in [5.74, 6) is 0.557. The summed E-state index contributed by atoms with van der Waals surface area (Å²) in [6.07, 6.45) is 4.03. The van der Waals surface area contributed by atoms with E-state index in [-0.39, 0.29) is 12.0 Å². The Morgan fingerprint density at radius 2 is 2.05 bits per heavy atom. The zero-order chi connectivity index (χ0) is 15.3. The lowest BCUT2D eigenvalue weighted by Crippen LogP contribution is -2.38. The second-order valence-electron chi connectivity index (χ2n) is 5.40. The molecule has 2 rings (SSSR count). The third kappa shape index (κ3) is 5.35. The Labute approximate surface area is 125 Å². The van der Waals surface area contributed by atoms with Crippen molar-refractivity contribution in [1.82, 2.24) is 4.72 Å². The van der Waals surface area contributed by atoms with E-state index in [0.29, 0.717) is 12.5 Å². The number of sulfonamides is 1. The largest absolute Gasteiger partial charge is 0.370 e. The zero-order valence-electron chi connectivity index (χ0n) is 12.1. The minimum Gasteiger partial charge on any atom is -0.370 e. The minimum atomic E-state index is -3.17. The molecular formula is C14H22N4O2S. The van der Waals surface area contributed by atoms with E-state index < -0.39 is 10.0 Å². The molecule has 1 aromatic carbocycles. The summed E-state index contributed by atoms with van der Waals surface area (Å²) in [5.41, 5.74) is 6.74. The first-order chi connectivity index (χ1) is 9.94. The van der Waals surface area contributed by atoms with Gasteiger partial charge in [0.05, 0.1) is 6.26 Å². The van der Waals surface area contributed by atoms with Gasteiger partial charge in [-0.3, -0.25) is 4.99 Å². The predicted molar refractivity (Wildman–Crippen MR) is 85.7 cm³/mol. The van der Waals surface area contributed by atoms with Gasteiger partial charge in [0.15, 0.2) is 5.96 Å². The highest BCUT2D eigenvalue weighted by molar-refractivity contribution is 7.88. The van der Waals surface area contributed by atoms with Crippen LogP contribution < -0.4 is 15.8 Å². The fourth-order valence-corrected chi connectivity index (χ4v) is 3.47. The number of aliphatic imine (C=N–C) groups is 1. The normalized spacial score (nSPS) is 23.2. The van der Waals surface area contributed by atoms with E-state index in [2.05, 4.69) is 15.0 Å². The molecule has 6 nitrogen and oxygen atoms in total. The molecule has 2 atom stereocenters. The minimum absolute atomic E-state index is 0.0340. The Kier molecular flexibility index (Phi) is 5.19. The van der Waals surface area contributed by atoms with Crippen molar-refractivity contribution < 1.29 is 8.42 Å². The van der Waals surface area contributed by atoms with Crippen molar-refractivity contribution in [2.45, 2.75) is 25.3 Å². The highest BCUT2D eigenvalue weighted by Gasteiger charge is 2.29. The average molecular weight is 310 g/mol. The summed E-state index contributed by atoms with van der Waals surface area (Å²) in [5, 5.41) is 3.02. The molecule has 116 valence electrons. The van der Waals surface area contributed by atoms with Crippen LogP contribution in [-0.2, 0) is 10.0 Å². The maximum atomic E-state index is 11.3. The van der Waals surface area contributed by atoms with Crippen LogP contribution >= 0.6 is 0 Å². The van der Waals surface area contributed by atoms with Crippen molar-refractivity contribution >= 4 is 21.7 Å². The number of anilines is 1. The van der Waals surface area contributed by atoms with E-state index in [4.69, 9.17) is 5.73 Å². The second kappa shape index (κ2) is 6.91. The van der Waals surface area contributed by atoms with Crippen LogP contribution in [0.15, 0.2) is 35.3 Å². The van der Waals surface area contributed by atoms with Gasteiger partial charge in [-0.15, -0.1) is 0 Å². The maximum Gasteiger partial charge on any atom is 0.208 e. The van der Waals surface area contributed by atoms with Gasteiger partial charge < -0.3 is 11.1 Å². The molecule has 1 aromatic rings. The van der Waals surface area contributed by atoms with Gasteiger partial charge in [-0.2, -0.15) is 0 Å². The molecule has 2 unspecified atom stereocenters. The van der Waals surface area contributed by atoms with E-state index in [1.54, 1.807) is 0 Å². The molecule has 0 saturated heterocycles. The third-order valence-corrected chi connectivity index (χ3v) is 4.30. The lowest BCUT2D eigenvalue weighted by Gasteiger charge is -2.18. The Bertz CT molecular complexity index is 586. The summed E-state index contributed by atoms with van der Waals surface area (Å²) in [7, 11) is -3.17. The van der Waals surface area contributed by atoms with Crippen LogP contribution in [-0.4, -0.2) is 33.2 Å². The van der Waals surface area contributed by atoms with Gasteiger partial charge in [-0.25, -0.2) is 13.1 Å². The topological polar surface area (TPSA) is 96.6 Å². The van der Waals surface area contributed by atoms with Crippen molar-refractivity contribution in [1.29, 1.82) is 0 Å². The van der Waals surface area contributed by atoms with Crippen LogP contribution in [0.5, 0.6) is 0 Å². The van der Waals surface area contributed by atoms with E-state index in [1.165, 1.54) is 6.26 Å². The van der Waals surface area contributed by atoms with Crippen LogP contribution in [0.4, 0.5) is 5.69 Å². The first-order valence-electron chi connectivity index (χ1n) is 7.03. The van der Waals surface area contributed by atoms with Crippen molar-refractivity contribution in [3.8, 4) is 0 Å². The van der Waals surface area contributed by atoms with Crippen LogP contribution in [0, 0.1) is 5.92 Å². The Hall–Kier alpha value is -1.60. The highest BCUT2D eigenvalue weighted by atomic mass is 32.2. The van der Waals surface area contributed by atoms with Gasteiger partial charge in [0.2, 0.25) is 10.0 Å². The van der Waals surface area contributed by atoms with Gasteiger partial charge in [-0.05, 0) is 30.9 Å². The molecule has 1 saturated carbocycles. The molecule has 0 spiro atoms. The highest BCUT2D eigenvalue weighted by Crippen LogP contribution is 2.26. The van der Waals surface area contributed by atoms with Crippen LogP contribution in [0.3, 0.4) is 0 Å². The molecular weight excluding hydrogens is 288 g/mol. The summed E-state index contributed by atoms with van der Waals surface area (Å²) in [4.78, 5) is 4.33. The SMILES string of the molecule is CS(=O)(=O)NC1CCCC1CN=C(N)Nc1ccccc1. The first kappa shape index (κ1) is 15.8. The van der Waals surface area contributed by atoms with Crippen LogP contribution in [0.25, 0.3) is 0 Å². The van der Waals surface area contributed by atoms with E-state index in [1.807, 2.05) is 30.3 Å². The van der Waals surface area contributed by atoms with Gasteiger partial charge >= 0.3 is 0 Å². The zero-order valence-corrected chi connectivity index (χ0v) is 12.9.